The van der Waals surface area contributed by atoms with Crippen LogP contribution < -0.4 is 10.5 Å². The van der Waals surface area contributed by atoms with E-state index in [9.17, 15) is 21.6 Å². The van der Waals surface area contributed by atoms with E-state index in [0.29, 0.717) is 0 Å². The number of esters is 1. The van der Waals surface area contributed by atoms with Crippen molar-refractivity contribution < 1.29 is 26.4 Å². The van der Waals surface area contributed by atoms with Crippen molar-refractivity contribution in [3.05, 3.63) is 17.2 Å². The molecule has 1 unspecified atom stereocenters. The van der Waals surface area contributed by atoms with E-state index in [4.69, 9.17) is 16.7 Å². The lowest BCUT2D eigenvalue weighted by Crippen LogP contribution is -2.61. The molecular weight excluding hydrogens is 370 g/mol. The van der Waals surface area contributed by atoms with Gasteiger partial charge in [-0.3, -0.25) is 0 Å². The molecule has 0 spiro atoms. The molecule has 2 rings (SSSR count). The molecule has 0 radical (unpaired) electrons. The lowest BCUT2D eigenvalue weighted by molar-refractivity contribution is -0.149. The summed E-state index contributed by atoms with van der Waals surface area (Å²) in [6.45, 7) is 1.31. The first kappa shape index (κ1) is 17.9. The average Bonchev–Trinajstić information content (AvgIpc) is 2.42. The van der Waals surface area contributed by atoms with Crippen LogP contribution in [0.25, 0.3) is 0 Å². The van der Waals surface area contributed by atoms with Crippen LogP contribution in [0.15, 0.2) is 21.9 Å². The number of halogens is 1. The van der Waals surface area contributed by atoms with E-state index in [1.165, 1.54) is 6.92 Å². The Balaban J connectivity index is 2.79. The van der Waals surface area contributed by atoms with Crippen LogP contribution in [0.3, 0.4) is 0 Å². The summed E-state index contributed by atoms with van der Waals surface area (Å²) in [5.41, 5.74) is -1.75. The summed E-state index contributed by atoms with van der Waals surface area (Å²) in [4.78, 5) is 11.1. The molecule has 0 aliphatic carbocycles. The van der Waals surface area contributed by atoms with Gasteiger partial charge in [-0.15, -0.1) is 0 Å². The van der Waals surface area contributed by atoms with Gasteiger partial charge in [-0.2, -0.15) is 4.31 Å². The van der Waals surface area contributed by atoms with Gasteiger partial charge in [0, 0.05) is 7.05 Å². The van der Waals surface area contributed by atoms with Gasteiger partial charge >= 0.3 is 5.97 Å². The van der Waals surface area contributed by atoms with Gasteiger partial charge in [0.25, 0.3) is 0 Å². The Bertz CT molecular complexity index is 899. The molecular formula is C11H14ClN3O6S2. The number of fused-ring (bicyclic) bond motifs is 1. The molecule has 9 nitrogen and oxygen atoms in total. The third kappa shape index (κ3) is 2.68. The second-order valence-corrected chi connectivity index (χ2v) is 8.86. The van der Waals surface area contributed by atoms with Crippen molar-refractivity contribution in [3.8, 4) is 0 Å². The standard InChI is InChI=1S/C11H14ClN3O6S2/c1-11(10(16)21-3)14-7-4-6(12)8(22(13,17)18)5-9(7)23(19,20)15(11)2/h4-5,14H,1-3H3,(H2,13,17,18). The first-order chi connectivity index (χ1) is 10.4. The van der Waals surface area contributed by atoms with E-state index in [2.05, 4.69) is 10.1 Å². The van der Waals surface area contributed by atoms with Crippen LogP contribution in [0, 0.1) is 0 Å². The quantitative estimate of drug-likeness (QED) is 0.681. The van der Waals surface area contributed by atoms with Gasteiger partial charge in [0.05, 0.1) is 17.8 Å². The van der Waals surface area contributed by atoms with Crippen molar-refractivity contribution in [3.63, 3.8) is 0 Å². The van der Waals surface area contributed by atoms with Gasteiger partial charge in [-0.1, -0.05) is 11.6 Å². The van der Waals surface area contributed by atoms with Gasteiger partial charge in [0.2, 0.25) is 25.7 Å². The molecule has 1 aliphatic rings. The Hall–Kier alpha value is -1.40. The molecule has 12 heteroatoms. The topological polar surface area (TPSA) is 136 Å². The zero-order chi connectivity index (χ0) is 17.8. The molecule has 1 atom stereocenters. The Morgan fingerprint density at radius 3 is 2.48 bits per heavy atom. The van der Waals surface area contributed by atoms with Crippen LogP contribution in [-0.2, 0) is 29.6 Å². The monoisotopic (exact) mass is 383 g/mol. The van der Waals surface area contributed by atoms with Gasteiger partial charge in [-0.25, -0.2) is 26.8 Å². The number of rotatable bonds is 2. The zero-order valence-corrected chi connectivity index (χ0v) is 14.7. The van der Waals surface area contributed by atoms with Gasteiger partial charge in [0.15, 0.2) is 0 Å². The maximum atomic E-state index is 12.6. The molecule has 0 amide bonds. The highest BCUT2D eigenvalue weighted by Crippen LogP contribution is 2.39. The number of hydrogen-bond acceptors (Lipinski definition) is 7. The van der Waals surface area contributed by atoms with Crippen LogP contribution in [0.1, 0.15) is 6.92 Å². The van der Waals surface area contributed by atoms with E-state index >= 15 is 0 Å². The molecule has 1 aromatic rings. The summed E-state index contributed by atoms with van der Waals surface area (Å²) in [7, 11) is -6.14. The van der Waals surface area contributed by atoms with E-state index in [1.807, 2.05) is 0 Å². The molecule has 1 heterocycles. The molecule has 1 aromatic carbocycles. The molecule has 0 aromatic heterocycles. The minimum absolute atomic E-state index is 0.0339. The van der Waals surface area contributed by atoms with Crippen LogP contribution >= 0.6 is 11.6 Å². The van der Waals surface area contributed by atoms with Crippen molar-refractivity contribution in [1.82, 2.24) is 4.31 Å². The fourth-order valence-corrected chi connectivity index (χ4v) is 4.90. The Labute approximate surface area is 138 Å². The van der Waals surface area contributed by atoms with E-state index in [0.717, 1.165) is 30.6 Å². The number of hydrogen-bond donors (Lipinski definition) is 2. The number of likely N-dealkylation sites (N-methyl/N-ethyl adjacent to an activating group) is 1. The van der Waals surface area contributed by atoms with Gasteiger partial charge < -0.3 is 10.1 Å². The summed E-state index contributed by atoms with van der Waals surface area (Å²) in [5.74, 6) is -0.846. The number of nitrogens with two attached hydrogens (primary N) is 1. The summed E-state index contributed by atoms with van der Waals surface area (Å²) in [6, 6.07) is 1.94. The van der Waals surface area contributed by atoms with Crippen molar-refractivity contribution in [2.45, 2.75) is 22.4 Å². The largest absolute Gasteiger partial charge is 0.466 e. The second-order valence-electron chi connectivity index (χ2n) is 4.99. The highest BCUT2D eigenvalue weighted by molar-refractivity contribution is 7.90. The number of primary sulfonamides is 1. The van der Waals surface area contributed by atoms with Crippen LogP contribution in [0.2, 0.25) is 5.02 Å². The normalized spacial score (nSPS) is 23.7. The van der Waals surface area contributed by atoms with E-state index < -0.39 is 36.6 Å². The molecule has 0 fully saturated rings. The zero-order valence-electron chi connectivity index (χ0n) is 12.3. The van der Waals surface area contributed by atoms with Gasteiger partial charge in [-0.05, 0) is 19.1 Å². The van der Waals surface area contributed by atoms with E-state index in [1.54, 1.807) is 0 Å². The summed E-state index contributed by atoms with van der Waals surface area (Å²) in [6.07, 6.45) is 0. The number of nitrogens with one attached hydrogen (secondary N) is 1. The second kappa shape index (κ2) is 5.31. The number of sulfonamides is 2. The summed E-state index contributed by atoms with van der Waals surface area (Å²) in [5, 5.41) is 7.45. The van der Waals surface area contributed by atoms with Crippen LogP contribution in [0.4, 0.5) is 5.69 Å². The van der Waals surface area contributed by atoms with Crippen molar-refractivity contribution in [1.29, 1.82) is 0 Å². The van der Waals surface area contributed by atoms with Crippen LogP contribution in [-0.4, -0.2) is 46.9 Å². The molecule has 128 valence electrons. The highest BCUT2D eigenvalue weighted by Gasteiger charge is 2.50. The molecule has 0 saturated carbocycles. The predicted molar refractivity (Wildman–Crippen MR) is 81.8 cm³/mol. The van der Waals surface area contributed by atoms with Crippen LogP contribution in [0.5, 0.6) is 0 Å². The van der Waals surface area contributed by atoms with Crippen molar-refractivity contribution in [2.24, 2.45) is 5.14 Å². The lowest BCUT2D eigenvalue weighted by atomic mass is 10.1. The highest BCUT2D eigenvalue weighted by atomic mass is 35.5. The minimum Gasteiger partial charge on any atom is -0.466 e. The van der Waals surface area contributed by atoms with E-state index in [-0.39, 0.29) is 15.6 Å². The Kier molecular flexibility index (Phi) is 4.14. The third-order valence-electron chi connectivity index (χ3n) is 3.57. The van der Waals surface area contributed by atoms with Crippen molar-refractivity contribution in [2.75, 3.05) is 19.5 Å². The summed E-state index contributed by atoms with van der Waals surface area (Å²) >= 11 is 5.86. The van der Waals surface area contributed by atoms with Gasteiger partial charge in [0.1, 0.15) is 9.79 Å². The number of carbonyl (C=O) groups is 1. The molecule has 1 aliphatic heterocycles. The number of carbonyl (C=O) groups excluding carboxylic acids is 1. The maximum absolute atomic E-state index is 12.6. The molecule has 23 heavy (non-hydrogen) atoms. The minimum atomic E-state index is -4.22. The number of anilines is 1. The fourth-order valence-electron chi connectivity index (χ4n) is 2.17. The third-order valence-corrected chi connectivity index (χ3v) is 6.93. The first-order valence-corrected chi connectivity index (χ1v) is 9.44. The number of benzene rings is 1. The number of nitrogens with zero attached hydrogens (tertiary/aromatic N) is 1. The number of methoxy groups -OCH3 is 1. The SMILES string of the molecule is COC(=O)C1(C)Nc2cc(Cl)c(S(N)(=O)=O)cc2S(=O)(=O)N1C. The fraction of sp³-hybridized carbons (Fsp3) is 0.364. The summed E-state index contributed by atoms with van der Waals surface area (Å²) < 4.78 is 53.6. The Morgan fingerprint density at radius 1 is 1.43 bits per heavy atom. The number of ether oxygens (including phenoxy) is 1. The average molecular weight is 384 g/mol. The molecule has 3 N–H and O–H groups in total. The molecule has 0 bridgehead atoms. The maximum Gasteiger partial charge on any atom is 0.347 e. The Morgan fingerprint density at radius 2 is 2.00 bits per heavy atom. The predicted octanol–water partition coefficient (Wildman–Crippen LogP) is -0.0774. The van der Waals surface area contributed by atoms with Crippen molar-refractivity contribution >= 4 is 43.3 Å². The smallest absolute Gasteiger partial charge is 0.347 e. The first-order valence-electron chi connectivity index (χ1n) is 6.07. The molecule has 0 saturated heterocycles. The lowest BCUT2D eigenvalue weighted by Gasteiger charge is -2.41.